The molecule has 0 unspecified atom stereocenters. The predicted octanol–water partition coefficient (Wildman–Crippen LogP) is 4.66. The highest BCUT2D eigenvalue weighted by molar-refractivity contribution is 9.10. The summed E-state index contributed by atoms with van der Waals surface area (Å²) in [6.45, 7) is 4.95. The van der Waals surface area contributed by atoms with Crippen LogP contribution in [0, 0.1) is 22.5 Å². The Morgan fingerprint density at radius 1 is 1.47 bits per heavy atom. The molecule has 1 aliphatic rings. The van der Waals surface area contributed by atoms with Crippen molar-refractivity contribution in [2.24, 2.45) is 5.41 Å². The van der Waals surface area contributed by atoms with Gasteiger partial charge in [0, 0.05) is 28.3 Å². The lowest BCUT2D eigenvalue weighted by Gasteiger charge is -2.41. The molecule has 5 heteroatoms. The Morgan fingerprint density at radius 3 is 2.63 bits per heavy atom. The molecule has 104 valence electrons. The zero-order valence-corrected chi connectivity index (χ0v) is 12.9. The first kappa shape index (κ1) is 14.3. The van der Waals surface area contributed by atoms with E-state index >= 15 is 0 Å². The molecule has 0 heterocycles. The second-order valence-electron chi connectivity index (χ2n) is 5.44. The lowest BCUT2D eigenvalue weighted by molar-refractivity contribution is -0.385. The van der Waals surface area contributed by atoms with Crippen molar-refractivity contribution in [1.82, 2.24) is 0 Å². The fraction of sp³-hybridized carbons (Fsp3) is 0.571. The Hall–Kier alpha value is -1.10. The molecule has 0 spiro atoms. The molecule has 2 rings (SSSR count). The molecule has 1 aliphatic carbocycles. The lowest BCUT2D eigenvalue weighted by atomic mass is 9.67. The highest BCUT2D eigenvalue weighted by Crippen LogP contribution is 2.44. The molecular weight excluding hydrogens is 308 g/mol. The maximum Gasteiger partial charge on any atom is 0.273 e. The van der Waals surface area contributed by atoms with E-state index in [-0.39, 0.29) is 10.6 Å². The van der Waals surface area contributed by atoms with Crippen molar-refractivity contribution in [3.8, 4) is 0 Å². The van der Waals surface area contributed by atoms with Crippen molar-refractivity contribution in [2.45, 2.75) is 39.5 Å². The van der Waals surface area contributed by atoms with Crippen molar-refractivity contribution in [3.63, 3.8) is 0 Å². The van der Waals surface area contributed by atoms with E-state index in [1.807, 2.05) is 6.07 Å². The van der Waals surface area contributed by atoms with Crippen LogP contribution in [0.4, 0.5) is 11.4 Å². The summed E-state index contributed by atoms with van der Waals surface area (Å²) in [4.78, 5) is 10.5. The quantitative estimate of drug-likeness (QED) is 0.632. The van der Waals surface area contributed by atoms with Crippen LogP contribution in [0.2, 0.25) is 0 Å². The number of benzene rings is 1. The van der Waals surface area contributed by atoms with Crippen molar-refractivity contribution < 1.29 is 4.92 Å². The van der Waals surface area contributed by atoms with Gasteiger partial charge >= 0.3 is 0 Å². The number of nitrogens with one attached hydrogen (secondary N) is 1. The molecule has 1 saturated carbocycles. The van der Waals surface area contributed by atoms with Crippen molar-refractivity contribution >= 4 is 27.3 Å². The summed E-state index contributed by atoms with van der Waals surface area (Å²) >= 11 is 3.41. The van der Waals surface area contributed by atoms with Crippen LogP contribution in [0.3, 0.4) is 0 Å². The first-order valence-corrected chi connectivity index (χ1v) is 7.45. The van der Waals surface area contributed by atoms with E-state index < -0.39 is 0 Å². The minimum absolute atomic E-state index is 0.159. The number of nitrogens with zero attached hydrogens (tertiary/aromatic N) is 1. The summed E-state index contributed by atoms with van der Waals surface area (Å²) in [7, 11) is 0. The Labute approximate surface area is 121 Å². The van der Waals surface area contributed by atoms with E-state index in [0.717, 1.165) is 16.7 Å². The van der Waals surface area contributed by atoms with Gasteiger partial charge < -0.3 is 5.32 Å². The fourth-order valence-corrected chi connectivity index (χ4v) is 3.09. The van der Waals surface area contributed by atoms with Gasteiger partial charge in [-0.1, -0.05) is 13.3 Å². The van der Waals surface area contributed by atoms with Gasteiger partial charge in [-0.25, -0.2) is 0 Å². The fourth-order valence-electron chi connectivity index (χ4n) is 2.62. The summed E-state index contributed by atoms with van der Waals surface area (Å²) in [5, 5.41) is 14.3. The number of hydrogen-bond acceptors (Lipinski definition) is 3. The summed E-state index contributed by atoms with van der Waals surface area (Å²) in [6.07, 6.45) is 5.06. The Bertz CT molecular complexity index is 493. The smallest absolute Gasteiger partial charge is 0.273 e. The summed E-state index contributed by atoms with van der Waals surface area (Å²) in [6, 6.07) is 3.43. The highest BCUT2D eigenvalue weighted by atomic mass is 79.9. The zero-order valence-electron chi connectivity index (χ0n) is 11.3. The third-order valence-corrected chi connectivity index (χ3v) is 4.96. The van der Waals surface area contributed by atoms with E-state index in [1.165, 1.54) is 25.7 Å². The number of aryl methyl sites for hydroxylation is 1. The molecule has 0 saturated heterocycles. The van der Waals surface area contributed by atoms with Crippen molar-refractivity contribution in [2.75, 3.05) is 11.9 Å². The average molecular weight is 327 g/mol. The molecule has 0 amide bonds. The van der Waals surface area contributed by atoms with Gasteiger partial charge in [-0.2, -0.15) is 0 Å². The first-order valence-electron chi connectivity index (χ1n) is 6.66. The van der Waals surface area contributed by atoms with Gasteiger partial charge in [0.05, 0.1) is 4.92 Å². The maximum absolute atomic E-state index is 10.9. The average Bonchev–Trinajstić information content (AvgIpc) is 2.31. The largest absolute Gasteiger partial charge is 0.384 e. The van der Waals surface area contributed by atoms with Crippen LogP contribution in [0.1, 0.15) is 38.2 Å². The van der Waals surface area contributed by atoms with Gasteiger partial charge in [0.1, 0.15) is 0 Å². The summed E-state index contributed by atoms with van der Waals surface area (Å²) in [5.41, 5.74) is 2.22. The van der Waals surface area contributed by atoms with Crippen LogP contribution in [0.5, 0.6) is 0 Å². The van der Waals surface area contributed by atoms with Gasteiger partial charge in [0.15, 0.2) is 0 Å². The third-order valence-electron chi connectivity index (χ3n) is 4.30. The van der Waals surface area contributed by atoms with Gasteiger partial charge in [0.25, 0.3) is 5.69 Å². The van der Waals surface area contributed by atoms with E-state index in [2.05, 4.69) is 28.2 Å². The molecule has 0 aromatic heterocycles. The number of halogens is 1. The molecule has 0 radical (unpaired) electrons. The van der Waals surface area contributed by atoms with Gasteiger partial charge in [-0.3, -0.25) is 10.1 Å². The monoisotopic (exact) mass is 326 g/mol. The molecule has 19 heavy (non-hydrogen) atoms. The molecule has 1 fully saturated rings. The molecule has 0 aliphatic heterocycles. The topological polar surface area (TPSA) is 55.2 Å². The number of nitro groups is 1. The van der Waals surface area contributed by atoms with Crippen LogP contribution in [-0.2, 0) is 0 Å². The van der Waals surface area contributed by atoms with Gasteiger partial charge in [-0.05, 0) is 53.6 Å². The summed E-state index contributed by atoms with van der Waals surface area (Å²) in [5.74, 6) is 0. The van der Waals surface area contributed by atoms with E-state index in [9.17, 15) is 10.1 Å². The molecule has 4 nitrogen and oxygen atoms in total. The SMILES string of the molecule is CCC1(CNc2cc(C)c([N+](=O)[O-])cc2Br)CCC1. The molecule has 1 aromatic carbocycles. The normalized spacial score (nSPS) is 16.8. The van der Waals surface area contributed by atoms with E-state index in [0.29, 0.717) is 11.0 Å². The second-order valence-corrected chi connectivity index (χ2v) is 6.29. The Kier molecular flexibility index (Phi) is 4.13. The molecule has 1 aromatic rings. The Morgan fingerprint density at radius 2 is 2.16 bits per heavy atom. The van der Waals surface area contributed by atoms with Crippen LogP contribution >= 0.6 is 15.9 Å². The Balaban J connectivity index is 2.13. The minimum Gasteiger partial charge on any atom is -0.384 e. The highest BCUT2D eigenvalue weighted by Gasteiger charge is 2.34. The van der Waals surface area contributed by atoms with Crippen LogP contribution < -0.4 is 5.32 Å². The van der Waals surface area contributed by atoms with E-state index in [1.54, 1.807) is 13.0 Å². The van der Waals surface area contributed by atoms with Crippen molar-refractivity contribution in [3.05, 3.63) is 32.3 Å². The minimum atomic E-state index is -0.344. The maximum atomic E-state index is 10.9. The zero-order chi connectivity index (χ0) is 14.0. The molecule has 1 N–H and O–H groups in total. The van der Waals surface area contributed by atoms with Crippen LogP contribution in [0.15, 0.2) is 16.6 Å². The molecule has 0 bridgehead atoms. The van der Waals surface area contributed by atoms with Crippen molar-refractivity contribution in [1.29, 1.82) is 0 Å². The first-order chi connectivity index (χ1) is 8.97. The number of nitro benzene ring substituents is 1. The standard InChI is InChI=1S/C14H19BrN2O2/c1-3-14(5-4-6-14)9-16-12-7-10(2)13(17(18)19)8-11(12)15/h7-8,16H,3-6,9H2,1-2H3. The van der Waals surface area contributed by atoms with Gasteiger partial charge in [-0.15, -0.1) is 0 Å². The van der Waals surface area contributed by atoms with Gasteiger partial charge in [0.2, 0.25) is 0 Å². The predicted molar refractivity (Wildman–Crippen MR) is 80.6 cm³/mol. The summed E-state index contributed by atoms with van der Waals surface area (Å²) < 4.78 is 0.760. The number of anilines is 1. The van der Waals surface area contributed by atoms with E-state index in [4.69, 9.17) is 0 Å². The molecular formula is C14H19BrN2O2. The molecule has 0 atom stereocenters. The number of rotatable bonds is 5. The number of hydrogen-bond donors (Lipinski definition) is 1. The lowest BCUT2D eigenvalue weighted by Crippen LogP contribution is -2.35. The second kappa shape index (κ2) is 5.49. The van der Waals surface area contributed by atoms with Crippen LogP contribution in [-0.4, -0.2) is 11.5 Å². The van der Waals surface area contributed by atoms with Crippen LogP contribution in [0.25, 0.3) is 0 Å². The third kappa shape index (κ3) is 2.91.